The first-order valence-electron chi connectivity index (χ1n) is 5.45. The molecule has 0 fully saturated rings. The fourth-order valence-corrected chi connectivity index (χ4v) is 3.16. The van der Waals surface area contributed by atoms with Crippen molar-refractivity contribution in [1.29, 1.82) is 0 Å². The van der Waals surface area contributed by atoms with Crippen molar-refractivity contribution in [1.82, 2.24) is 9.97 Å². The summed E-state index contributed by atoms with van der Waals surface area (Å²) in [4.78, 5) is 9.39. The number of fused-ring (bicyclic) bond motifs is 1. The summed E-state index contributed by atoms with van der Waals surface area (Å²) >= 11 is 9.40. The lowest BCUT2D eigenvalue weighted by molar-refractivity contribution is 0.903. The van der Waals surface area contributed by atoms with Crippen LogP contribution in [0.25, 0.3) is 10.2 Å². The number of rotatable bonds is 5. The number of hydrogen-bond acceptors (Lipinski definition) is 5. The lowest BCUT2D eigenvalue weighted by Crippen LogP contribution is -2.19. The Hall–Kier alpha value is -0.520. The van der Waals surface area contributed by atoms with E-state index in [0.29, 0.717) is 11.3 Å². The third kappa shape index (κ3) is 3.24. The van der Waals surface area contributed by atoms with E-state index in [1.54, 1.807) is 11.3 Å². The van der Waals surface area contributed by atoms with Crippen molar-refractivity contribution in [2.24, 2.45) is 0 Å². The Balaban J connectivity index is 2.19. The average molecular weight is 288 g/mol. The van der Waals surface area contributed by atoms with E-state index in [2.05, 4.69) is 29.1 Å². The molecule has 0 aliphatic rings. The van der Waals surface area contributed by atoms with Crippen LogP contribution in [0.3, 0.4) is 0 Å². The smallest absolute Gasteiger partial charge is 0.225 e. The van der Waals surface area contributed by atoms with Gasteiger partial charge in [0.15, 0.2) is 0 Å². The summed E-state index contributed by atoms with van der Waals surface area (Å²) in [6.45, 7) is 4.31. The van der Waals surface area contributed by atoms with E-state index in [-0.39, 0.29) is 0 Å². The molecule has 2 heterocycles. The molecule has 0 amide bonds. The largest absolute Gasteiger partial charge is 0.366 e. The summed E-state index contributed by atoms with van der Waals surface area (Å²) in [6, 6.07) is 2.40. The van der Waals surface area contributed by atoms with Crippen molar-refractivity contribution in [2.45, 2.75) is 19.9 Å². The van der Waals surface area contributed by atoms with Crippen molar-refractivity contribution in [3.63, 3.8) is 0 Å². The fourth-order valence-electron chi connectivity index (χ4n) is 1.51. The molecule has 6 heteroatoms. The molecule has 0 radical (unpaired) electrons. The van der Waals surface area contributed by atoms with E-state index in [4.69, 9.17) is 11.6 Å². The number of thiophene rings is 1. The minimum Gasteiger partial charge on any atom is -0.366 e. The highest BCUT2D eigenvalue weighted by Crippen LogP contribution is 2.27. The lowest BCUT2D eigenvalue weighted by atomic mass is 10.3. The molecular formula is C11H14ClN3S2. The molecule has 0 spiro atoms. The maximum Gasteiger partial charge on any atom is 0.225 e. The highest BCUT2D eigenvalue weighted by atomic mass is 35.5. The molecular weight excluding hydrogens is 274 g/mol. The summed E-state index contributed by atoms with van der Waals surface area (Å²) in [5.41, 5.74) is 0. The monoisotopic (exact) mass is 287 g/mol. The molecule has 92 valence electrons. The summed E-state index contributed by atoms with van der Waals surface area (Å²) < 4.78 is 0. The summed E-state index contributed by atoms with van der Waals surface area (Å²) in [5.74, 6) is 3.03. The first-order valence-corrected chi connectivity index (χ1v) is 7.87. The second-order valence-electron chi connectivity index (χ2n) is 3.69. The zero-order chi connectivity index (χ0) is 12.3. The molecule has 0 bridgehead atoms. The van der Waals surface area contributed by atoms with Crippen molar-refractivity contribution in [3.05, 3.63) is 16.7 Å². The van der Waals surface area contributed by atoms with Gasteiger partial charge in [-0.1, -0.05) is 6.92 Å². The Bertz CT molecular complexity index is 500. The molecule has 0 saturated heterocycles. The predicted molar refractivity (Wildman–Crippen MR) is 78.5 cm³/mol. The van der Waals surface area contributed by atoms with Crippen LogP contribution in [0.1, 0.15) is 13.8 Å². The molecule has 1 N–H and O–H groups in total. The van der Waals surface area contributed by atoms with Crippen LogP contribution in [0.15, 0.2) is 11.4 Å². The Morgan fingerprint density at radius 1 is 1.53 bits per heavy atom. The second-order valence-corrected chi connectivity index (χ2v) is 6.24. The van der Waals surface area contributed by atoms with Gasteiger partial charge in [0.1, 0.15) is 10.6 Å². The maximum atomic E-state index is 5.91. The van der Waals surface area contributed by atoms with Gasteiger partial charge in [-0.05, 0) is 35.7 Å². The first kappa shape index (κ1) is 12.9. The number of anilines is 1. The topological polar surface area (TPSA) is 37.8 Å². The Labute approximate surface area is 114 Å². The molecule has 0 aliphatic carbocycles. The van der Waals surface area contributed by atoms with Crippen molar-refractivity contribution >= 4 is 50.7 Å². The van der Waals surface area contributed by atoms with Crippen molar-refractivity contribution < 1.29 is 0 Å². The maximum absolute atomic E-state index is 5.91. The summed E-state index contributed by atoms with van der Waals surface area (Å²) in [5, 5.41) is 6.76. The lowest BCUT2D eigenvalue weighted by Gasteiger charge is -2.14. The Morgan fingerprint density at radius 2 is 2.35 bits per heavy atom. The van der Waals surface area contributed by atoms with Gasteiger partial charge in [0, 0.05) is 11.8 Å². The summed E-state index contributed by atoms with van der Waals surface area (Å²) in [7, 11) is 0. The average Bonchev–Trinajstić information content (AvgIpc) is 2.74. The zero-order valence-electron chi connectivity index (χ0n) is 9.74. The molecule has 1 unspecified atom stereocenters. The molecule has 1 atom stereocenters. The minimum atomic E-state index is 0.304. The standard InChI is InChI=1S/C11H14ClN3S2/c1-3-16-6-7(2)13-9-8-4-5-17-10(8)15-11(12)14-9/h4-5,7H,3,6H2,1-2H3,(H,13,14,15). The van der Waals surface area contributed by atoms with E-state index in [9.17, 15) is 0 Å². The third-order valence-electron chi connectivity index (χ3n) is 2.25. The number of aromatic nitrogens is 2. The van der Waals surface area contributed by atoms with Crippen LogP contribution in [0.2, 0.25) is 5.28 Å². The molecule has 3 nitrogen and oxygen atoms in total. The molecule has 0 aliphatic heterocycles. The van der Waals surface area contributed by atoms with Crippen LogP contribution in [0, 0.1) is 0 Å². The van der Waals surface area contributed by atoms with Gasteiger partial charge in [-0.3, -0.25) is 0 Å². The zero-order valence-corrected chi connectivity index (χ0v) is 12.1. The van der Waals surface area contributed by atoms with Crippen LogP contribution in [-0.2, 0) is 0 Å². The van der Waals surface area contributed by atoms with Crippen molar-refractivity contribution in [3.8, 4) is 0 Å². The van der Waals surface area contributed by atoms with Crippen LogP contribution in [-0.4, -0.2) is 27.5 Å². The predicted octanol–water partition coefficient (Wildman–Crippen LogP) is 3.90. The Kier molecular flexibility index (Phi) is 4.48. The van der Waals surface area contributed by atoms with Crippen LogP contribution >= 0.6 is 34.7 Å². The van der Waals surface area contributed by atoms with E-state index in [1.807, 2.05) is 23.2 Å². The molecule has 17 heavy (non-hydrogen) atoms. The van der Waals surface area contributed by atoms with Crippen LogP contribution in [0.5, 0.6) is 0 Å². The van der Waals surface area contributed by atoms with Gasteiger partial charge in [0.05, 0.1) is 5.39 Å². The third-order valence-corrected chi connectivity index (χ3v) is 4.37. The number of thioether (sulfide) groups is 1. The molecule has 2 aromatic heterocycles. The van der Waals surface area contributed by atoms with E-state index in [1.165, 1.54) is 0 Å². The highest BCUT2D eigenvalue weighted by Gasteiger charge is 2.10. The van der Waals surface area contributed by atoms with Crippen LogP contribution in [0.4, 0.5) is 5.82 Å². The summed E-state index contributed by atoms with van der Waals surface area (Å²) in [6.07, 6.45) is 0. The Morgan fingerprint density at radius 3 is 3.12 bits per heavy atom. The first-order chi connectivity index (χ1) is 8.20. The highest BCUT2D eigenvalue weighted by molar-refractivity contribution is 7.99. The minimum absolute atomic E-state index is 0.304. The molecule has 0 aromatic carbocycles. The molecule has 0 saturated carbocycles. The second kappa shape index (κ2) is 5.89. The SMILES string of the molecule is CCSCC(C)Nc1nc(Cl)nc2sccc12. The quantitative estimate of drug-likeness (QED) is 0.847. The van der Waals surface area contributed by atoms with Gasteiger partial charge in [0.25, 0.3) is 0 Å². The van der Waals surface area contributed by atoms with Gasteiger partial charge in [-0.15, -0.1) is 11.3 Å². The van der Waals surface area contributed by atoms with Gasteiger partial charge in [-0.2, -0.15) is 11.8 Å². The van der Waals surface area contributed by atoms with Crippen LogP contribution < -0.4 is 5.32 Å². The van der Waals surface area contributed by atoms with E-state index < -0.39 is 0 Å². The number of hydrogen-bond donors (Lipinski definition) is 1. The molecule has 2 aromatic rings. The number of nitrogens with zero attached hydrogens (tertiary/aromatic N) is 2. The van der Waals surface area contributed by atoms with Gasteiger partial charge in [-0.25, -0.2) is 9.97 Å². The fraction of sp³-hybridized carbons (Fsp3) is 0.455. The number of nitrogens with one attached hydrogen (secondary N) is 1. The normalized spacial score (nSPS) is 12.9. The van der Waals surface area contributed by atoms with Crippen molar-refractivity contribution in [2.75, 3.05) is 16.8 Å². The van der Waals surface area contributed by atoms with Gasteiger partial charge in [0.2, 0.25) is 5.28 Å². The van der Waals surface area contributed by atoms with E-state index in [0.717, 1.165) is 27.5 Å². The van der Waals surface area contributed by atoms with Gasteiger partial charge >= 0.3 is 0 Å². The van der Waals surface area contributed by atoms with Gasteiger partial charge < -0.3 is 5.32 Å². The number of halogens is 1. The molecule has 2 rings (SSSR count). The van der Waals surface area contributed by atoms with E-state index >= 15 is 0 Å².